The van der Waals surface area contributed by atoms with Crippen molar-refractivity contribution >= 4 is 12.1 Å². The Balaban J connectivity index is 2.83. The van der Waals surface area contributed by atoms with Crippen LogP contribution in [0.15, 0.2) is 0 Å². The van der Waals surface area contributed by atoms with Crippen molar-refractivity contribution in [2.75, 3.05) is 13.7 Å². The van der Waals surface area contributed by atoms with Gasteiger partial charge in [0.1, 0.15) is 12.1 Å². The number of likely N-dealkylation sites (tertiary alicyclic amines) is 1. The summed E-state index contributed by atoms with van der Waals surface area (Å²) in [5, 5.41) is 10.4. The van der Waals surface area contributed by atoms with Gasteiger partial charge in [0.2, 0.25) is 0 Å². The first-order chi connectivity index (χ1) is 6.37. The Morgan fingerprint density at radius 2 is 2.14 bits per heavy atom. The number of ether oxygens (including phenoxy) is 1. The summed E-state index contributed by atoms with van der Waals surface area (Å²) < 4.78 is 29.7. The molecule has 0 N–H and O–H groups in total. The zero-order chi connectivity index (χ0) is 10.9. The Labute approximate surface area is 78.2 Å². The molecule has 1 rings (SSSR count). The summed E-state index contributed by atoms with van der Waals surface area (Å²) in [5.74, 6) is -4.19. The molecule has 1 heterocycles. The van der Waals surface area contributed by atoms with Gasteiger partial charge in [-0.05, 0) is 0 Å². The number of carboxylic acid groups (broad SMARTS) is 1. The number of hydrogen-bond acceptors (Lipinski definition) is 4. The van der Waals surface area contributed by atoms with Crippen molar-refractivity contribution in [1.82, 2.24) is 4.90 Å². The van der Waals surface area contributed by atoms with Crippen molar-refractivity contribution in [3.63, 3.8) is 0 Å². The summed E-state index contributed by atoms with van der Waals surface area (Å²) in [6.45, 7) is -1.02. The average Bonchev–Trinajstić information content (AvgIpc) is 2.40. The number of halogens is 2. The minimum absolute atomic E-state index is 0.284. The number of esters is 1. The van der Waals surface area contributed by atoms with E-state index in [0.717, 1.165) is 7.11 Å². The highest BCUT2D eigenvalue weighted by Crippen LogP contribution is 2.32. The molecule has 1 atom stereocenters. The minimum atomic E-state index is -3.20. The van der Waals surface area contributed by atoms with Crippen LogP contribution in [0, 0.1) is 0 Å². The van der Waals surface area contributed by atoms with Crippen LogP contribution in [-0.2, 0) is 9.53 Å². The largest absolute Gasteiger partial charge is 0.530 e. The molecule has 1 aliphatic heterocycles. The summed E-state index contributed by atoms with van der Waals surface area (Å²) in [6.07, 6.45) is -2.65. The van der Waals surface area contributed by atoms with E-state index in [1.165, 1.54) is 0 Å². The maximum atomic E-state index is 12.8. The van der Waals surface area contributed by atoms with E-state index in [2.05, 4.69) is 4.74 Å². The van der Waals surface area contributed by atoms with Gasteiger partial charge in [0.15, 0.2) is 0 Å². The Kier molecular flexibility index (Phi) is 2.59. The van der Waals surface area contributed by atoms with Crippen molar-refractivity contribution < 1.29 is 28.2 Å². The quantitative estimate of drug-likeness (QED) is 0.529. The smallest absolute Gasteiger partial charge is 0.328 e. The average molecular weight is 208 g/mol. The Morgan fingerprint density at radius 3 is 2.57 bits per heavy atom. The number of carbonyl (C=O) groups is 2. The molecule has 1 amide bonds. The van der Waals surface area contributed by atoms with E-state index in [-0.39, 0.29) is 4.90 Å². The van der Waals surface area contributed by atoms with Crippen molar-refractivity contribution in [1.29, 1.82) is 0 Å². The van der Waals surface area contributed by atoms with Crippen LogP contribution >= 0.6 is 0 Å². The number of amides is 1. The number of carbonyl (C=O) groups excluding carboxylic acids is 2. The van der Waals surface area contributed by atoms with Crippen LogP contribution in [0.2, 0.25) is 0 Å². The van der Waals surface area contributed by atoms with E-state index in [9.17, 15) is 23.5 Å². The molecule has 0 aromatic rings. The van der Waals surface area contributed by atoms with E-state index in [1.807, 2.05) is 0 Å². The van der Waals surface area contributed by atoms with E-state index in [4.69, 9.17) is 0 Å². The lowest BCUT2D eigenvalue weighted by Gasteiger charge is -2.23. The molecule has 80 valence electrons. The Hall–Kier alpha value is -1.40. The van der Waals surface area contributed by atoms with Crippen LogP contribution in [0.3, 0.4) is 0 Å². The molecule has 0 aliphatic carbocycles. The second-order valence-electron chi connectivity index (χ2n) is 2.99. The van der Waals surface area contributed by atoms with Crippen molar-refractivity contribution in [3.8, 4) is 0 Å². The second kappa shape index (κ2) is 3.39. The summed E-state index contributed by atoms with van der Waals surface area (Å²) in [7, 11) is 1.01. The molecule has 0 saturated carbocycles. The zero-order valence-electron chi connectivity index (χ0n) is 7.33. The topological polar surface area (TPSA) is 69.7 Å². The third kappa shape index (κ3) is 1.91. The van der Waals surface area contributed by atoms with E-state index in [1.54, 1.807) is 0 Å². The molecule has 0 aromatic carbocycles. The van der Waals surface area contributed by atoms with Crippen LogP contribution in [0.4, 0.5) is 13.6 Å². The lowest BCUT2D eigenvalue weighted by Crippen LogP contribution is -2.47. The highest BCUT2D eigenvalue weighted by Gasteiger charge is 2.48. The molecular weight excluding hydrogens is 200 g/mol. The summed E-state index contributed by atoms with van der Waals surface area (Å²) >= 11 is 0. The van der Waals surface area contributed by atoms with Gasteiger partial charge < -0.3 is 19.5 Å². The Morgan fingerprint density at radius 1 is 1.57 bits per heavy atom. The third-order valence-corrected chi connectivity index (χ3v) is 1.98. The van der Waals surface area contributed by atoms with Gasteiger partial charge in [-0.25, -0.2) is 13.6 Å². The van der Waals surface area contributed by atoms with Gasteiger partial charge in [0.05, 0.1) is 13.7 Å². The first-order valence-electron chi connectivity index (χ1n) is 3.80. The molecule has 1 aliphatic rings. The molecule has 0 aromatic heterocycles. The van der Waals surface area contributed by atoms with Gasteiger partial charge in [-0.3, -0.25) is 0 Å². The maximum absolute atomic E-state index is 12.8. The fraction of sp³-hybridized carbons (Fsp3) is 0.714. The monoisotopic (exact) mass is 208 g/mol. The molecule has 14 heavy (non-hydrogen) atoms. The maximum Gasteiger partial charge on any atom is 0.328 e. The third-order valence-electron chi connectivity index (χ3n) is 1.98. The van der Waals surface area contributed by atoms with Crippen LogP contribution in [0.5, 0.6) is 0 Å². The summed E-state index contributed by atoms with van der Waals surface area (Å²) in [5.41, 5.74) is 0. The van der Waals surface area contributed by atoms with Crippen molar-refractivity contribution in [3.05, 3.63) is 0 Å². The minimum Gasteiger partial charge on any atom is -0.530 e. The van der Waals surface area contributed by atoms with Crippen molar-refractivity contribution in [2.24, 2.45) is 0 Å². The van der Waals surface area contributed by atoms with E-state index >= 15 is 0 Å². The van der Waals surface area contributed by atoms with Gasteiger partial charge in [-0.1, -0.05) is 0 Å². The molecule has 1 unspecified atom stereocenters. The molecule has 0 bridgehead atoms. The predicted octanol–water partition coefficient (Wildman–Crippen LogP) is -0.788. The van der Waals surface area contributed by atoms with Gasteiger partial charge in [-0.2, -0.15) is 0 Å². The number of alkyl halides is 2. The SMILES string of the molecule is COC(=O)C1CC(F)(F)CN1C(=O)[O-]. The first kappa shape index (κ1) is 10.7. The fourth-order valence-corrected chi connectivity index (χ4v) is 1.36. The number of rotatable bonds is 1. The lowest BCUT2D eigenvalue weighted by molar-refractivity contribution is -0.267. The van der Waals surface area contributed by atoms with Crippen LogP contribution < -0.4 is 5.11 Å². The molecule has 0 radical (unpaired) electrons. The first-order valence-corrected chi connectivity index (χ1v) is 3.80. The highest BCUT2D eigenvalue weighted by molar-refractivity contribution is 5.81. The van der Waals surface area contributed by atoms with E-state index in [0.29, 0.717) is 0 Å². The predicted molar refractivity (Wildman–Crippen MR) is 37.5 cm³/mol. The molecule has 5 nitrogen and oxygen atoms in total. The molecular formula is C7H8F2NO4-. The van der Waals surface area contributed by atoms with Crippen LogP contribution in [0.1, 0.15) is 6.42 Å². The molecule has 0 spiro atoms. The van der Waals surface area contributed by atoms with Crippen LogP contribution in [0.25, 0.3) is 0 Å². The molecule has 7 heteroatoms. The number of methoxy groups -OCH3 is 1. The molecule has 1 saturated heterocycles. The number of hydrogen-bond donors (Lipinski definition) is 0. The highest BCUT2D eigenvalue weighted by atomic mass is 19.3. The summed E-state index contributed by atoms with van der Waals surface area (Å²) in [6, 6.07) is -1.46. The standard InChI is InChI=1S/C7H9F2NO4/c1-14-5(11)4-2-7(8,9)3-10(4)6(12)13/h4H,2-3H2,1H3,(H,12,13)/p-1. The molecule has 1 fully saturated rings. The summed E-state index contributed by atoms with van der Waals surface area (Å²) in [4.78, 5) is 21.6. The second-order valence-corrected chi connectivity index (χ2v) is 2.99. The van der Waals surface area contributed by atoms with E-state index < -0.39 is 37.0 Å². The fourth-order valence-electron chi connectivity index (χ4n) is 1.36. The van der Waals surface area contributed by atoms with Gasteiger partial charge in [0, 0.05) is 6.42 Å². The van der Waals surface area contributed by atoms with Gasteiger partial charge in [-0.15, -0.1) is 0 Å². The van der Waals surface area contributed by atoms with Crippen LogP contribution in [-0.4, -0.2) is 42.6 Å². The van der Waals surface area contributed by atoms with Crippen molar-refractivity contribution in [2.45, 2.75) is 18.4 Å². The van der Waals surface area contributed by atoms with Gasteiger partial charge >= 0.3 is 5.97 Å². The van der Waals surface area contributed by atoms with Gasteiger partial charge in [0.25, 0.3) is 5.92 Å². The zero-order valence-corrected chi connectivity index (χ0v) is 7.33. The lowest BCUT2D eigenvalue weighted by atomic mass is 10.2. The normalized spacial score (nSPS) is 24.8. The Bertz CT molecular complexity index is 268. The number of nitrogens with zero attached hydrogens (tertiary/aromatic N) is 1.